The summed E-state index contributed by atoms with van der Waals surface area (Å²) in [6, 6.07) is 17.7. The van der Waals surface area contributed by atoms with Gasteiger partial charge in [-0.1, -0.05) is 54.6 Å². The van der Waals surface area contributed by atoms with Gasteiger partial charge in [-0.2, -0.15) is 0 Å². The summed E-state index contributed by atoms with van der Waals surface area (Å²) in [6.07, 6.45) is 3.97. The molecule has 0 bridgehead atoms. The fourth-order valence-corrected chi connectivity index (χ4v) is 4.30. The predicted molar refractivity (Wildman–Crippen MR) is 121 cm³/mol. The average molecular weight is 450 g/mol. The van der Waals surface area contributed by atoms with Crippen LogP contribution in [0, 0.1) is 0 Å². The second-order valence-electron chi connectivity index (χ2n) is 8.51. The van der Waals surface area contributed by atoms with Gasteiger partial charge in [-0.15, -0.1) is 10.2 Å². The van der Waals surface area contributed by atoms with Crippen molar-refractivity contribution >= 4 is 17.7 Å². The summed E-state index contributed by atoms with van der Waals surface area (Å²) in [5.41, 5.74) is 1.73. The second kappa shape index (κ2) is 8.43. The SMILES string of the molecule is C=CCOC(=O)N(CC1(c2nnc(-c3ccc(Cl)cc3)o2)CC1)[C@H]1CC1c1ccccc1. The number of rotatable bonds is 8. The standard InChI is InChI=1S/C25H24ClN3O3/c1-2-14-31-24(30)29(21-15-20(21)17-6-4-3-5-7-17)16-25(12-13-25)23-28-27-22(32-23)18-8-10-19(26)11-9-18/h2-11,20-21H,1,12-16H2/t20?,21-/m0/s1. The Morgan fingerprint density at radius 1 is 1.19 bits per heavy atom. The fourth-order valence-electron chi connectivity index (χ4n) is 4.18. The number of halogens is 1. The maximum Gasteiger partial charge on any atom is 0.410 e. The van der Waals surface area contributed by atoms with Crippen LogP contribution in [-0.2, 0) is 10.2 Å². The molecule has 3 aromatic rings. The molecule has 2 fully saturated rings. The molecule has 2 saturated carbocycles. The Kier molecular flexibility index (Phi) is 5.47. The molecule has 0 saturated heterocycles. The molecule has 1 heterocycles. The lowest BCUT2D eigenvalue weighted by molar-refractivity contribution is 0.103. The number of aromatic nitrogens is 2. The maximum absolute atomic E-state index is 12.9. The molecule has 164 valence electrons. The normalized spacial score (nSPS) is 20.4. The Hall–Kier alpha value is -3.12. The third-order valence-electron chi connectivity index (χ3n) is 6.24. The lowest BCUT2D eigenvalue weighted by atomic mass is 10.1. The number of hydrogen-bond donors (Lipinski definition) is 0. The average Bonchev–Trinajstić information content (AvgIpc) is 3.73. The van der Waals surface area contributed by atoms with Gasteiger partial charge in [0.1, 0.15) is 6.61 Å². The quantitative estimate of drug-likeness (QED) is 0.418. The molecular weight excluding hydrogens is 426 g/mol. The van der Waals surface area contributed by atoms with E-state index in [0.717, 1.165) is 24.8 Å². The van der Waals surface area contributed by atoms with Crippen molar-refractivity contribution in [3.05, 3.63) is 83.7 Å². The highest BCUT2D eigenvalue weighted by Crippen LogP contribution is 2.52. The van der Waals surface area contributed by atoms with Gasteiger partial charge in [0, 0.05) is 29.1 Å². The van der Waals surface area contributed by atoms with Gasteiger partial charge in [0.05, 0.1) is 5.41 Å². The van der Waals surface area contributed by atoms with Gasteiger partial charge in [0.15, 0.2) is 0 Å². The largest absolute Gasteiger partial charge is 0.445 e. The zero-order valence-electron chi connectivity index (χ0n) is 17.6. The third-order valence-corrected chi connectivity index (χ3v) is 6.49. The van der Waals surface area contributed by atoms with Crippen molar-refractivity contribution < 1.29 is 13.9 Å². The van der Waals surface area contributed by atoms with Crippen molar-refractivity contribution in [3.63, 3.8) is 0 Å². The molecule has 1 unspecified atom stereocenters. The number of amides is 1. The van der Waals surface area contributed by atoms with Crippen LogP contribution < -0.4 is 0 Å². The first-order chi connectivity index (χ1) is 15.6. The van der Waals surface area contributed by atoms with Gasteiger partial charge in [-0.05, 0) is 49.1 Å². The molecule has 0 spiro atoms. The van der Waals surface area contributed by atoms with Crippen molar-refractivity contribution in [1.82, 2.24) is 15.1 Å². The molecule has 0 radical (unpaired) electrons. The van der Waals surface area contributed by atoms with E-state index in [1.54, 1.807) is 18.2 Å². The summed E-state index contributed by atoms with van der Waals surface area (Å²) in [4.78, 5) is 14.8. The Labute approximate surface area is 191 Å². The summed E-state index contributed by atoms with van der Waals surface area (Å²) >= 11 is 5.98. The van der Waals surface area contributed by atoms with E-state index < -0.39 is 0 Å². The number of ether oxygens (including phenoxy) is 1. The lowest BCUT2D eigenvalue weighted by Gasteiger charge is -2.26. The fraction of sp³-hybridized carbons (Fsp3) is 0.320. The molecule has 5 rings (SSSR count). The van der Waals surface area contributed by atoms with Crippen molar-refractivity contribution in [2.45, 2.75) is 36.6 Å². The molecular formula is C25H24ClN3O3. The van der Waals surface area contributed by atoms with Crippen LogP contribution in [0.1, 0.15) is 36.6 Å². The van der Waals surface area contributed by atoms with Crippen LogP contribution in [0.3, 0.4) is 0 Å². The van der Waals surface area contributed by atoms with Gasteiger partial charge in [-0.25, -0.2) is 4.79 Å². The van der Waals surface area contributed by atoms with E-state index >= 15 is 0 Å². The zero-order valence-corrected chi connectivity index (χ0v) is 18.4. The molecule has 7 heteroatoms. The first kappa shape index (κ1) is 20.8. The highest BCUT2D eigenvalue weighted by Gasteiger charge is 2.55. The Morgan fingerprint density at radius 3 is 2.62 bits per heavy atom. The minimum Gasteiger partial charge on any atom is -0.445 e. The van der Waals surface area contributed by atoms with E-state index in [0.29, 0.717) is 29.3 Å². The molecule has 2 atom stereocenters. The van der Waals surface area contributed by atoms with Crippen molar-refractivity contribution in [1.29, 1.82) is 0 Å². The first-order valence-electron chi connectivity index (χ1n) is 10.8. The zero-order chi connectivity index (χ0) is 22.1. The van der Waals surface area contributed by atoms with E-state index in [9.17, 15) is 4.79 Å². The monoisotopic (exact) mass is 449 g/mol. The molecule has 1 amide bonds. The smallest absolute Gasteiger partial charge is 0.410 e. The highest BCUT2D eigenvalue weighted by molar-refractivity contribution is 6.30. The predicted octanol–water partition coefficient (Wildman–Crippen LogP) is 5.60. The van der Waals surface area contributed by atoms with Gasteiger partial charge < -0.3 is 14.1 Å². The third kappa shape index (κ3) is 4.15. The second-order valence-corrected chi connectivity index (χ2v) is 8.95. The van der Waals surface area contributed by atoms with Crippen LogP contribution in [0.15, 0.2) is 71.7 Å². The Bertz CT molecular complexity index is 1110. The van der Waals surface area contributed by atoms with Crippen molar-refractivity contribution in [3.8, 4) is 11.5 Å². The van der Waals surface area contributed by atoms with E-state index in [-0.39, 0.29) is 24.2 Å². The van der Waals surface area contributed by atoms with Crippen LogP contribution in [0.5, 0.6) is 0 Å². The molecule has 2 aliphatic carbocycles. The van der Waals surface area contributed by atoms with E-state index in [4.69, 9.17) is 20.8 Å². The summed E-state index contributed by atoms with van der Waals surface area (Å²) in [5.74, 6) is 1.34. The van der Waals surface area contributed by atoms with Gasteiger partial charge in [0.25, 0.3) is 0 Å². The number of hydrogen-bond acceptors (Lipinski definition) is 5. The number of carbonyl (C=O) groups excluding carboxylic acids is 1. The maximum atomic E-state index is 12.9. The van der Waals surface area contributed by atoms with E-state index in [1.165, 1.54) is 5.56 Å². The minimum absolute atomic E-state index is 0.103. The van der Waals surface area contributed by atoms with Crippen molar-refractivity contribution in [2.24, 2.45) is 0 Å². The molecule has 1 aromatic heterocycles. The molecule has 6 nitrogen and oxygen atoms in total. The van der Waals surface area contributed by atoms with E-state index in [1.807, 2.05) is 35.2 Å². The Morgan fingerprint density at radius 2 is 1.94 bits per heavy atom. The Balaban J connectivity index is 1.36. The number of benzene rings is 2. The topological polar surface area (TPSA) is 68.5 Å². The number of nitrogens with zero attached hydrogens (tertiary/aromatic N) is 3. The molecule has 2 aliphatic rings. The van der Waals surface area contributed by atoms with Crippen LogP contribution >= 0.6 is 11.6 Å². The summed E-state index contributed by atoms with van der Waals surface area (Å²) in [7, 11) is 0. The summed E-state index contributed by atoms with van der Waals surface area (Å²) < 4.78 is 11.5. The lowest BCUT2D eigenvalue weighted by Crippen LogP contribution is -2.40. The first-order valence-corrected chi connectivity index (χ1v) is 11.2. The summed E-state index contributed by atoms with van der Waals surface area (Å²) in [6.45, 7) is 4.34. The van der Waals surface area contributed by atoms with Gasteiger partial charge in [-0.3, -0.25) is 0 Å². The highest BCUT2D eigenvalue weighted by atomic mass is 35.5. The van der Waals surface area contributed by atoms with E-state index in [2.05, 4.69) is 28.9 Å². The summed E-state index contributed by atoms with van der Waals surface area (Å²) in [5, 5.41) is 9.23. The van der Waals surface area contributed by atoms with Gasteiger partial charge in [0.2, 0.25) is 11.8 Å². The van der Waals surface area contributed by atoms with Crippen LogP contribution in [0.2, 0.25) is 5.02 Å². The van der Waals surface area contributed by atoms with Crippen molar-refractivity contribution in [2.75, 3.05) is 13.2 Å². The van der Waals surface area contributed by atoms with Crippen LogP contribution in [0.25, 0.3) is 11.5 Å². The minimum atomic E-state index is -0.325. The molecule has 0 aliphatic heterocycles. The molecule has 32 heavy (non-hydrogen) atoms. The molecule has 2 aromatic carbocycles. The molecule has 0 N–H and O–H groups in total. The van der Waals surface area contributed by atoms with Gasteiger partial charge >= 0.3 is 6.09 Å². The van der Waals surface area contributed by atoms with Crippen LogP contribution in [0.4, 0.5) is 4.79 Å². The number of carbonyl (C=O) groups is 1. The van der Waals surface area contributed by atoms with Crippen LogP contribution in [-0.4, -0.2) is 40.4 Å².